The summed E-state index contributed by atoms with van der Waals surface area (Å²) in [7, 11) is 1.82. The van der Waals surface area contributed by atoms with Crippen LogP contribution in [0.25, 0.3) is 0 Å². The van der Waals surface area contributed by atoms with Crippen LogP contribution in [0.1, 0.15) is 40.4 Å². The summed E-state index contributed by atoms with van der Waals surface area (Å²) in [6.07, 6.45) is 0.272. The van der Waals surface area contributed by atoms with Crippen molar-refractivity contribution in [3.8, 4) is 0 Å². The first-order valence-corrected chi connectivity index (χ1v) is 12.7. The normalized spacial score (nSPS) is 10.8. The van der Waals surface area contributed by atoms with Crippen molar-refractivity contribution in [2.75, 3.05) is 17.6 Å². The highest BCUT2D eigenvalue weighted by Crippen LogP contribution is 2.18. The number of hydrogen-bond donors (Lipinski definition) is 2. The van der Waals surface area contributed by atoms with Crippen LogP contribution in [0.15, 0.2) is 58.2 Å². The predicted molar refractivity (Wildman–Crippen MR) is 138 cm³/mol. The maximum Gasteiger partial charge on any atom is 0.338 e. The first-order valence-electron chi connectivity index (χ1n) is 10.9. The molecule has 0 atom stereocenters. The Morgan fingerprint density at radius 3 is 2.54 bits per heavy atom. The minimum atomic E-state index is -0.440. The molecule has 9 nitrogen and oxygen atoms in total. The Morgan fingerprint density at radius 2 is 1.83 bits per heavy atom. The van der Waals surface area contributed by atoms with Gasteiger partial charge in [-0.1, -0.05) is 33.8 Å². The Balaban J connectivity index is 1.47. The monoisotopic (exact) mass is 559 g/mol. The van der Waals surface area contributed by atoms with E-state index in [0.29, 0.717) is 40.8 Å². The van der Waals surface area contributed by atoms with Crippen molar-refractivity contribution in [1.29, 1.82) is 0 Å². The molecule has 2 aromatic carbocycles. The van der Waals surface area contributed by atoms with Gasteiger partial charge in [-0.15, -0.1) is 10.2 Å². The molecule has 0 aliphatic carbocycles. The SMILES string of the molecule is CC(C)OC(=O)c1cccc(NC(=O)CSc2nnc(CCNC(=O)c3ccc(Br)cc3)n2C)c1. The lowest BCUT2D eigenvalue weighted by Crippen LogP contribution is -2.26. The minimum Gasteiger partial charge on any atom is -0.459 e. The lowest BCUT2D eigenvalue weighted by molar-refractivity contribution is -0.113. The molecule has 0 aliphatic heterocycles. The third-order valence-corrected chi connectivity index (χ3v) is 6.27. The van der Waals surface area contributed by atoms with Crippen molar-refractivity contribution < 1.29 is 19.1 Å². The molecule has 0 bridgehead atoms. The number of esters is 1. The van der Waals surface area contributed by atoms with E-state index >= 15 is 0 Å². The van der Waals surface area contributed by atoms with Gasteiger partial charge in [-0.2, -0.15) is 0 Å². The Labute approximate surface area is 216 Å². The Bertz CT molecular complexity index is 1200. The number of carbonyl (C=O) groups is 3. The van der Waals surface area contributed by atoms with Crippen LogP contribution in [-0.4, -0.2) is 50.9 Å². The number of benzene rings is 2. The highest BCUT2D eigenvalue weighted by atomic mass is 79.9. The van der Waals surface area contributed by atoms with Crippen molar-refractivity contribution >= 4 is 51.2 Å². The molecule has 184 valence electrons. The van der Waals surface area contributed by atoms with Gasteiger partial charge in [0.2, 0.25) is 5.91 Å². The summed E-state index contributed by atoms with van der Waals surface area (Å²) in [5.74, 6) is -0.0268. The van der Waals surface area contributed by atoms with E-state index < -0.39 is 5.97 Å². The number of rotatable bonds is 10. The van der Waals surface area contributed by atoms with Crippen molar-refractivity contribution in [2.45, 2.75) is 31.5 Å². The van der Waals surface area contributed by atoms with Gasteiger partial charge >= 0.3 is 5.97 Å². The van der Waals surface area contributed by atoms with Gasteiger partial charge in [-0.25, -0.2) is 4.79 Å². The van der Waals surface area contributed by atoms with Gasteiger partial charge in [-0.05, 0) is 56.3 Å². The van der Waals surface area contributed by atoms with E-state index in [0.717, 1.165) is 4.47 Å². The number of amides is 2. The maximum absolute atomic E-state index is 12.4. The summed E-state index contributed by atoms with van der Waals surface area (Å²) < 4.78 is 7.89. The quantitative estimate of drug-likeness (QED) is 0.286. The summed E-state index contributed by atoms with van der Waals surface area (Å²) in [5.41, 5.74) is 1.46. The molecule has 1 aromatic heterocycles. The largest absolute Gasteiger partial charge is 0.459 e. The standard InChI is InChI=1S/C24H26BrN5O4S/c1-15(2)34-23(33)17-5-4-6-19(13-17)27-21(31)14-35-24-29-28-20(30(24)3)11-12-26-22(32)16-7-9-18(25)10-8-16/h4-10,13,15H,11-12,14H2,1-3H3,(H,26,32)(H,27,31). The molecular formula is C24H26BrN5O4S. The number of nitrogens with one attached hydrogen (secondary N) is 2. The van der Waals surface area contributed by atoms with E-state index in [1.54, 1.807) is 54.8 Å². The zero-order chi connectivity index (χ0) is 25.4. The number of thioether (sulfide) groups is 1. The summed E-state index contributed by atoms with van der Waals surface area (Å²) in [6.45, 7) is 3.96. The van der Waals surface area contributed by atoms with E-state index in [1.807, 2.05) is 19.2 Å². The van der Waals surface area contributed by atoms with E-state index in [-0.39, 0.29) is 23.7 Å². The highest BCUT2D eigenvalue weighted by molar-refractivity contribution is 9.10. The van der Waals surface area contributed by atoms with Gasteiger partial charge in [-0.3, -0.25) is 9.59 Å². The van der Waals surface area contributed by atoms with Gasteiger partial charge in [0, 0.05) is 35.7 Å². The minimum absolute atomic E-state index is 0.118. The molecule has 0 saturated heterocycles. The third-order valence-electron chi connectivity index (χ3n) is 4.72. The van der Waals surface area contributed by atoms with Crippen molar-refractivity contribution in [3.05, 3.63) is 70.0 Å². The first-order chi connectivity index (χ1) is 16.7. The molecule has 0 radical (unpaired) electrons. The van der Waals surface area contributed by atoms with Gasteiger partial charge in [0.05, 0.1) is 17.4 Å². The number of anilines is 1. The lowest BCUT2D eigenvalue weighted by atomic mass is 10.2. The van der Waals surface area contributed by atoms with Gasteiger partial charge in [0.25, 0.3) is 5.91 Å². The fourth-order valence-electron chi connectivity index (χ4n) is 3.01. The molecule has 0 unspecified atom stereocenters. The Kier molecular flexibility index (Phi) is 9.44. The van der Waals surface area contributed by atoms with Crippen molar-refractivity contribution in [2.24, 2.45) is 7.05 Å². The number of hydrogen-bond acceptors (Lipinski definition) is 7. The molecular weight excluding hydrogens is 534 g/mol. The van der Waals surface area contributed by atoms with Crippen LogP contribution < -0.4 is 10.6 Å². The number of carbonyl (C=O) groups excluding carboxylic acids is 3. The first kappa shape index (κ1) is 26.4. The van der Waals surface area contributed by atoms with Gasteiger partial charge in [0.15, 0.2) is 5.16 Å². The molecule has 0 fully saturated rings. The molecule has 2 N–H and O–H groups in total. The molecule has 2 amide bonds. The van der Waals surface area contributed by atoms with E-state index in [2.05, 4.69) is 36.8 Å². The van der Waals surface area contributed by atoms with Crippen LogP contribution in [0.2, 0.25) is 0 Å². The summed E-state index contributed by atoms with van der Waals surface area (Å²) in [6, 6.07) is 13.7. The molecule has 3 rings (SSSR count). The van der Waals surface area contributed by atoms with Crippen molar-refractivity contribution in [3.63, 3.8) is 0 Å². The van der Waals surface area contributed by atoms with Crippen LogP contribution in [0.3, 0.4) is 0 Å². The zero-order valence-corrected chi connectivity index (χ0v) is 22.0. The van der Waals surface area contributed by atoms with E-state index in [1.165, 1.54) is 11.8 Å². The second-order valence-corrected chi connectivity index (χ2v) is 9.70. The molecule has 0 spiro atoms. The molecule has 0 aliphatic rings. The molecule has 11 heteroatoms. The Morgan fingerprint density at radius 1 is 1.09 bits per heavy atom. The summed E-state index contributed by atoms with van der Waals surface area (Å²) >= 11 is 4.59. The van der Waals surface area contributed by atoms with E-state index in [9.17, 15) is 14.4 Å². The summed E-state index contributed by atoms with van der Waals surface area (Å²) in [5, 5.41) is 14.5. The number of halogens is 1. The van der Waals surface area contributed by atoms with Gasteiger partial charge < -0.3 is 19.9 Å². The topological polar surface area (TPSA) is 115 Å². The van der Waals surface area contributed by atoms with E-state index in [4.69, 9.17) is 4.74 Å². The smallest absolute Gasteiger partial charge is 0.338 e. The fraction of sp³-hybridized carbons (Fsp3) is 0.292. The summed E-state index contributed by atoms with van der Waals surface area (Å²) in [4.78, 5) is 36.7. The number of aromatic nitrogens is 3. The average molecular weight is 560 g/mol. The molecule has 1 heterocycles. The average Bonchev–Trinajstić information content (AvgIpc) is 3.17. The second kappa shape index (κ2) is 12.5. The fourth-order valence-corrected chi connectivity index (χ4v) is 4.01. The molecule has 0 saturated carbocycles. The van der Waals surface area contributed by atoms with Crippen LogP contribution in [0.4, 0.5) is 5.69 Å². The zero-order valence-electron chi connectivity index (χ0n) is 19.6. The predicted octanol–water partition coefficient (Wildman–Crippen LogP) is 3.85. The van der Waals surface area contributed by atoms with Crippen LogP contribution in [0.5, 0.6) is 0 Å². The third kappa shape index (κ3) is 7.93. The highest BCUT2D eigenvalue weighted by Gasteiger charge is 2.14. The van der Waals surface area contributed by atoms with Crippen molar-refractivity contribution in [1.82, 2.24) is 20.1 Å². The second-order valence-electron chi connectivity index (χ2n) is 7.84. The number of nitrogens with zero attached hydrogens (tertiary/aromatic N) is 3. The molecule has 3 aromatic rings. The number of ether oxygens (including phenoxy) is 1. The van der Waals surface area contributed by atoms with Crippen LogP contribution >= 0.6 is 27.7 Å². The maximum atomic E-state index is 12.4. The molecule has 35 heavy (non-hydrogen) atoms. The van der Waals surface area contributed by atoms with Crippen LogP contribution in [-0.2, 0) is 23.0 Å². The van der Waals surface area contributed by atoms with Crippen LogP contribution in [0, 0.1) is 0 Å². The Hall–Kier alpha value is -3.18. The van der Waals surface area contributed by atoms with Gasteiger partial charge in [0.1, 0.15) is 5.82 Å². The lowest BCUT2D eigenvalue weighted by Gasteiger charge is -2.10.